The van der Waals surface area contributed by atoms with Crippen LogP contribution in [-0.2, 0) is 11.3 Å². The van der Waals surface area contributed by atoms with E-state index in [0.717, 1.165) is 4.88 Å². The molecule has 1 rings (SSSR count). The fourth-order valence-electron chi connectivity index (χ4n) is 1.59. The Bertz CT molecular complexity index is 437. The lowest BCUT2D eigenvalue weighted by molar-refractivity contribution is -0.137. The van der Waals surface area contributed by atoms with Gasteiger partial charge in [-0.3, -0.25) is 4.79 Å². The molecule has 2 amide bonds. The SMILES string of the molecule is Cc1cc(CNC(=O)NC(C)CCC(=O)O)sc1C. The van der Waals surface area contributed by atoms with Crippen LogP contribution in [-0.4, -0.2) is 23.1 Å². The summed E-state index contributed by atoms with van der Waals surface area (Å²) in [6.45, 7) is 6.39. The number of hydrogen-bond donors (Lipinski definition) is 3. The van der Waals surface area contributed by atoms with E-state index in [1.807, 2.05) is 6.92 Å². The third kappa shape index (κ3) is 5.74. The van der Waals surface area contributed by atoms with Crippen molar-refractivity contribution in [1.29, 1.82) is 0 Å². The topological polar surface area (TPSA) is 78.4 Å². The molecule has 3 N–H and O–H groups in total. The first kappa shape index (κ1) is 15.5. The second-order valence-corrected chi connectivity index (χ2v) is 5.95. The zero-order valence-electron chi connectivity index (χ0n) is 11.4. The van der Waals surface area contributed by atoms with E-state index in [2.05, 4.69) is 23.6 Å². The zero-order chi connectivity index (χ0) is 14.4. The molecule has 0 aromatic carbocycles. The van der Waals surface area contributed by atoms with Gasteiger partial charge in [-0.2, -0.15) is 0 Å². The van der Waals surface area contributed by atoms with Crippen molar-refractivity contribution in [1.82, 2.24) is 10.6 Å². The molecule has 1 aromatic rings. The van der Waals surface area contributed by atoms with Crippen LogP contribution in [0.1, 0.15) is 35.1 Å². The maximum Gasteiger partial charge on any atom is 0.315 e. The molecule has 1 heterocycles. The molecule has 106 valence electrons. The molecule has 0 fully saturated rings. The number of carboxylic acids is 1. The van der Waals surface area contributed by atoms with Crippen LogP contribution in [0.5, 0.6) is 0 Å². The lowest BCUT2D eigenvalue weighted by Crippen LogP contribution is -2.40. The Morgan fingerprint density at radius 3 is 2.63 bits per heavy atom. The van der Waals surface area contributed by atoms with Gasteiger partial charge < -0.3 is 15.7 Å². The average molecular weight is 284 g/mol. The first-order valence-electron chi connectivity index (χ1n) is 6.20. The predicted molar refractivity (Wildman–Crippen MR) is 75.5 cm³/mol. The van der Waals surface area contributed by atoms with Gasteiger partial charge in [-0.15, -0.1) is 11.3 Å². The highest BCUT2D eigenvalue weighted by Gasteiger charge is 2.09. The van der Waals surface area contributed by atoms with Crippen molar-refractivity contribution in [3.63, 3.8) is 0 Å². The Labute approximate surface area is 117 Å². The Morgan fingerprint density at radius 2 is 2.11 bits per heavy atom. The molecule has 0 spiro atoms. The summed E-state index contributed by atoms with van der Waals surface area (Å²) >= 11 is 1.67. The molecule has 1 atom stereocenters. The molecule has 0 radical (unpaired) electrons. The first-order chi connectivity index (χ1) is 8.88. The Hall–Kier alpha value is -1.56. The minimum atomic E-state index is -0.849. The highest BCUT2D eigenvalue weighted by molar-refractivity contribution is 7.12. The van der Waals surface area contributed by atoms with E-state index in [9.17, 15) is 9.59 Å². The Morgan fingerprint density at radius 1 is 1.42 bits per heavy atom. The normalized spacial score (nSPS) is 11.9. The van der Waals surface area contributed by atoms with Crippen LogP contribution in [0.4, 0.5) is 4.79 Å². The number of thiophene rings is 1. The van der Waals surface area contributed by atoms with Crippen LogP contribution >= 0.6 is 11.3 Å². The molecule has 0 aliphatic rings. The molecule has 0 aliphatic heterocycles. The van der Waals surface area contributed by atoms with Gasteiger partial charge in [0.25, 0.3) is 0 Å². The number of hydrogen-bond acceptors (Lipinski definition) is 3. The molecule has 0 aliphatic carbocycles. The van der Waals surface area contributed by atoms with Crippen LogP contribution in [0, 0.1) is 13.8 Å². The molecular weight excluding hydrogens is 264 g/mol. The smallest absolute Gasteiger partial charge is 0.315 e. The minimum absolute atomic E-state index is 0.0603. The third-order valence-corrected chi connectivity index (χ3v) is 3.96. The maximum absolute atomic E-state index is 11.6. The molecule has 0 bridgehead atoms. The van der Waals surface area contributed by atoms with Crippen molar-refractivity contribution in [2.45, 2.75) is 46.2 Å². The lowest BCUT2D eigenvalue weighted by atomic mass is 10.2. The van der Waals surface area contributed by atoms with Crippen molar-refractivity contribution >= 4 is 23.3 Å². The molecule has 0 saturated carbocycles. The summed E-state index contributed by atoms with van der Waals surface area (Å²) in [5.74, 6) is -0.849. The number of nitrogens with one attached hydrogen (secondary N) is 2. The number of carbonyl (C=O) groups excluding carboxylic acids is 1. The van der Waals surface area contributed by atoms with Gasteiger partial charge in [0.05, 0.1) is 6.54 Å². The van der Waals surface area contributed by atoms with Gasteiger partial charge in [-0.1, -0.05) is 0 Å². The highest BCUT2D eigenvalue weighted by atomic mass is 32.1. The van der Waals surface area contributed by atoms with Crippen LogP contribution in [0.2, 0.25) is 0 Å². The van der Waals surface area contributed by atoms with Crippen LogP contribution in [0.15, 0.2) is 6.07 Å². The number of aryl methyl sites for hydroxylation is 2. The van der Waals surface area contributed by atoms with Gasteiger partial charge in [-0.05, 0) is 38.8 Å². The first-order valence-corrected chi connectivity index (χ1v) is 7.02. The van der Waals surface area contributed by atoms with E-state index in [4.69, 9.17) is 5.11 Å². The van der Waals surface area contributed by atoms with Crippen molar-refractivity contribution < 1.29 is 14.7 Å². The molecule has 1 aromatic heterocycles. The van der Waals surface area contributed by atoms with Gasteiger partial charge in [-0.25, -0.2) is 4.79 Å². The number of carboxylic acid groups (broad SMARTS) is 1. The summed E-state index contributed by atoms with van der Waals surface area (Å²) in [5.41, 5.74) is 1.23. The van der Waals surface area contributed by atoms with Gasteiger partial charge in [0, 0.05) is 22.2 Å². The zero-order valence-corrected chi connectivity index (χ0v) is 12.3. The fraction of sp³-hybridized carbons (Fsp3) is 0.538. The summed E-state index contributed by atoms with van der Waals surface area (Å²) in [6, 6.07) is 1.65. The summed E-state index contributed by atoms with van der Waals surface area (Å²) < 4.78 is 0. The van der Waals surface area contributed by atoms with Crippen LogP contribution in [0.3, 0.4) is 0 Å². The largest absolute Gasteiger partial charge is 0.481 e. The highest BCUT2D eigenvalue weighted by Crippen LogP contribution is 2.20. The fourth-order valence-corrected chi connectivity index (χ4v) is 2.58. The molecular formula is C13H20N2O3S. The molecule has 1 unspecified atom stereocenters. The summed E-state index contributed by atoms with van der Waals surface area (Å²) in [7, 11) is 0. The number of amides is 2. The second-order valence-electron chi connectivity index (χ2n) is 4.61. The van der Waals surface area contributed by atoms with E-state index in [0.29, 0.717) is 13.0 Å². The van der Waals surface area contributed by atoms with Gasteiger partial charge in [0.2, 0.25) is 0 Å². The average Bonchev–Trinajstić information content (AvgIpc) is 2.64. The van der Waals surface area contributed by atoms with Gasteiger partial charge in [0.15, 0.2) is 0 Å². The molecule has 19 heavy (non-hydrogen) atoms. The van der Waals surface area contributed by atoms with Crippen molar-refractivity contribution in [2.24, 2.45) is 0 Å². The van der Waals surface area contributed by atoms with E-state index in [1.165, 1.54) is 10.4 Å². The monoisotopic (exact) mass is 284 g/mol. The molecule has 6 heteroatoms. The van der Waals surface area contributed by atoms with Crippen LogP contribution in [0.25, 0.3) is 0 Å². The summed E-state index contributed by atoms with van der Waals surface area (Å²) in [5, 5.41) is 14.0. The minimum Gasteiger partial charge on any atom is -0.481 e. The van der Waals surface area contributed by atoms with Crippen molar-refractivity contribution in [3.05, 3.63) is 21.4 Å². The third-order valence-electron chi connectivity index (χ3n) is 2.81. The number of rotatable bonds is 6. The van der Waals surface area contributed by atoms with Crippen LogP contribution < -0.4 is 10.6 Å². The van der Waals surface area contributed by atoms with E-state index in [-0.39, 0.29) is 18.5 Å². The molecule has 0 saturated heterocycles. The lowest BCUT2D eigenvalue weighted by Gasteiger charge is -2.13. The summed E-state index contributed by atoms with van der Waals surface area (Å²) in [4.78, 5) is 24.4. The second kappa shape index (κ2) is 7.13. The molecule has 5 nitrogen and oxygen atoms in total. The Balaban J connectivity index is 2.29. The van der Waals surface area contributed by atoms with E-state index in [1.54, 1.807) is 18.3 Å². The van der Waals surface area contributed by atoms with Gasteiger partial charge >= 0.3 is 12.0 Å². The van der Waals surface area contributed by atoms with E-state index >= 15 is 0 Å². The maximum atomic E-state index is 11.6. The summed E-state index contributed by atoms with van der Waals surface area (Å²) in [6.07, 6.45) is 0.491. The van der Waals surface area contributed by atoms with E-state index < -0.39 is 5.97 Å². The van der Waals surface area contributed by atoms with Crippen molar-refractivity contribution in [3.8, 4) is 0 Å². The predicted octanol–water partition coefficient (Wildman–Crippen LogP) is 2.42. The number of carbonyl (C=O) groups is 2. The number of aliphatic carboxylic acids is 1. The Kier molecular flexibility index (Phi) is 5.82. The quantitative estimate of drug-likeness (QED) is 0.750. The standard InChI is InChI=1S/C13H20N2O3S/c1-8-6-11(19-10(8)3)7-14-13(18)15-9(2)4-5-12(16)17/h6,9H,4-5,7H2,1-3H3,(H,16,17)(H2,14,15,18). The van der Waals surface area contributed by atoms with Crippen molar-refractivity contribution in [2.75, 3.05) is 0 Å². The van der Waals surface area contributed by atoms with Gasteiger partial charge in [0.1, 0.15) is 0 Å². The number of urea groups is 1.